The van der Waals surface area contributed by atoms with E-state index < -0.39 is 0 Å². The lowest BCUT2D eigenvalue weighted by atomic mass is 10.2. The van der Waals surface area contributed by atoms with Gasteiger partial charge in [-0.2, -0.15) is 0 Å². The molecule has 4 heteroatoms. The van der Waals surface area contributed by atoms with Gasteiger partial charge >= 0.3 is 0 Å². The molecule has 1 rings (SSSR count). The minimum Gasteiger partial charge on any atom is -0.493 e. The molecule has 13 heavy (non-hydrogen) atoms. The predicted octanol–water partition coefficient (Wildman–Crippen LogP) is 3.25. The number of hydrogen-bond acceptors (Lipinski definition) is 2. The van der Waals surface area contributed by atoms with Crippen LogP contribution in [0, 0.1) is 0 Å². The summed E-state index contributed by atoms with van der Waals surface area (Å²) in [4.78, 5) is 0. The highest BCUT2D eigenvalue weighted by molar-refractivity contribution is 9.08. The van der Waals surface area contributed by atoms with E-state index >= 15 is 0 Å². The van der Waals surface area contributed by atoms with Crippen LogP contribution in [0.15, 0.2) is 12.1 Å². The molecule has 0 amide bonds. The molecule has 0 radical (unpaired) electrons. The lowest BCUT2D eigenvalue weighted by Gasteiger charge is -2.10. The molecule has 0 saturated carbocycles. The molecule has 0 heterocycles. The number of rotatable bonds is 3. The van der Waals surface area contributed by atoms with Crippen LogP contribution >= 0.6 is 27.5 Å². The maximum Gasteiger partial charge on any atom is 0.179 e. The molecule has 0 spiro atoms. The van der Waals surface area contributed by atoms with Crippen LogP contribution in [0.1, 0.15) is 5.56 Å². The van der Waals surface area contributed by atoms with Gasteiger partial charge in [0.2, 0.25) is 0 Å². The normalized spacial score (nSPS) is 9.85. The maximum atomic E-state index is 5.97. The molecule has 72 valence electrons. The van der Waals surface area contributed by atoms with Gasteiger partial charge in [-0.1, -0.05) is 27.5 Å². The Labute approximate surface area is 90.9 Å². The number of ether oxygens (including phenoxy) is 2. The molecule has 0 aliphatic heterocycles. The summed E-state index contributed by atoms with van der Waals surface area (Å²) in [6.07, 6.45) is 0. The number of halogens is 2. The molecule has 0 atom stereocenters. The zero-order valence-corrected chi connectivity index (χ0v) is 9.78. The molecular formula is C9H10BrClO2. The molecule has 2 nitrogen and oxygen atoms in total. The summed E-state index contributed by atoms with van der Waals surface area (Å²) in [5.41, 5.74) is 1.06. The molecule has 0 aromatic heterocycles. The predicted molar refractivity (Wildman–Crippen MR) is 57.2 cm³/mol. The Balaban J connectivity index is 3.20. The molecule has 0 N–H and O–H groups in total. The first kappa shape index (κ1) is 10.7. The van der Waals surface area contributed by atoms with Crippen molar-refractivity contribution in [3.05, 3.63) is 22.7 Å². The van der Waals surface area contributed by atoms with Crippen LogP contribution in [-0.4, -0.2) is 14.2 Å². The molecule has 0 unspecified atom stereocenters. The summed E-state index contributed by atoms with van der Waals surface area (Å²) in [6.45, 7) is 0. The quantitative estimate of drug-likeness (QED) is 0.781. The highest BCUT2D eigenvalue weighted by Crippen LogP contribution is 2.36. The Morgan fingerprint density at radius 1 is 1.31 bits per heavy atom. The SMILES string of the molecule is COc1cc(CBr)cc(Cl)c1OC. The highest BCUT2D eigenvalue weighted by atomic mass is 79.9. The zero-order valence-electron chi connectivity index (χ0n) is 7.43. The smallest absolute Gasteiger partial charge is 0.179 e. The van der Waals surface area contributed by atoms with Crippen LogP contribution in [0.3, 0.4) is 0 Å². The van der Waals surface area contributed by atoms with E-state index in [1.807, 2.05) is 12.1 Å². The summed E-state index contributed by atoms with van der Waals surface area (Å²) in [7, 11) is 3.16. The summed E-state index contributed by atoms with van der Waals surface area (Å²) < 4.78 is 10.2. The molecule has 0 saturated heterocycles. The average Bonchev–Trinajstić information content (AvgIpc) is 2.16. The number of hydrogen-bond donors (Lipinski definition) is 0. The van der Waals surface area contributed by atoms with Gasteiger partial charge in [-0.3, -0.25) is 0 Å². The van der Waals surface area contributed by atoms with E-state index in [2.05, 4.69) is 15.9 Å². The van der Waals surface area contributed by atoms with Gasteiger partial charge in [-0.15, -0.1) is 0 Å². The minimum atomic E-state index is 0.566. The summed E-state index contributed by atoms with van der Waals surface area (Å²) in [6, 6.07) is 3.73. The third kappa shape index (κ3) is 2.29. The van der Waals surface area contributed by atoms with E-state index in [1.54, 1.807) is 14.2 Å². The van der Waals surface area contributed by atoms with Crippen LogP contribution in [0.2, 0.25) is 5.02 Å². The molecule has 1 aromatic rings. The van der Waals surface area contributed by atoms with Gasteiger partial charge in [0.15, 0.2) is 11.5 Å². The summed E-state index contributed by atoms with van der Waals surface area (Å²) in [5, 5.41) is 1.31. The fourth-order valence-electron chi connectivity index (χ4n) is 1.05. The van der Waals surface area contributed by atoms with Gasteiger partial charge in [0.1, 0.15) is 0 Å². The van der Waals surface area contributed by atoms with Gasteiger partial charge in [0.05, 0.1) is 19.2 Å². The van der Waals surface area contributed by atoms with Gasteiger partial charge < -0.3 is 9.47 Å². The Hall–Kier alpha value is -0.410. The first-order chi connectivity index (χ1) is 6.22. The van der Waals surface area contributed by atoms with Crippen molar-refractivity contribution in [1.29, 1.82) is 0 Å². The lowest BCUT2D eigenvalue weighted by molar-refractivity contribution is 0.355. The number of alkyl halides is 1. The van der Waals surface area contributed by atoms with E-state index in [4.69, 9.17) is 21.1 Å². The van der Waals surface area contributed by atoms with Crippen molar-refractivity contribution < 1.29 is 9.47 Å². The van der Waals surface area contributed by atoms with Crippen LogP contribution in [0.25, 0.3) is 0 Å². The van der Waals surface area contributed by atoms with Crippen molar-refractivity contribution in [2.45, 2.75) is 5.33 Å². The van der Waals surface area contributed by atoms with Crippen LogP contribution < -0.4 is 9.47 Å². The zero-order chi connectivity index (χ0) is 9.84. The summed E-state index contributed by atoms with van der Waals surface area (Å²) in [5.74, 6) is 1.23. The van der Waals surface area contributed by atoms with Gasteiger partial charge in [-0.05, 0) is 17.7 Å². The fraction of sp³-hybridized carbons (Fsp3) is 0.333. The van der Waals surface area contributed by atoms with E-state index in [1.165, 1.54) is 0 Å². The summed E-state index contributed by atoms with van der Waals surface area (Å²) >= 11 is 9.31. The average molecular weight is 266 g/mol. The number of methoxy groups -OCH3 is 2. The number of benzene rings is 1. The van der Waals surface area contributed by atoms with Gasteiger partial charge in [0, 0.05) is 5.33 Å². The third-order valence-corrected chi connectivity index (χ3v) is 2.58. The standard InChI is InChI=1S/C9H10BrClO2/c1-12-8-4-6(5-10)3-7(11)9(8)13-2/h3-4H,5H2,1-2H3. The molecule has 0 aliphatic carbocycles. The first-order valence-electron chi connectivity index (χ1n) is 3.69. The van der Waals surface area contributed by atoms with E-state index in [9.17, 15) is 0 Å². The lowest BCUT2D eigenvalue weighted by Crippen LogP contribution is -1.92. The van der Waals surface area contributed by atoms with Crippen molar-refractivity contribution in [2.24, 2.45) is 0 Å². The Kier molecular flexibility index (Phi) is 3.88. The fourth-order valence-corrected chi connectivity index (χ4v) is 1.68. The van der Waals surface area contributed by atoms with Crippen LogP contribution in [0.4, 0.5) is 0 Å². The molecular weight excluding hydrogens is 255 g/mol. The molecule has 1 aromatic carbocycles. The van der Waals surface area contributed by atoms with E-state index in [0.717, 1.165) is 10.9 Å². The van der Waals surface area contributed by atoms with Gasteiger partial charge in [-0.25, -0.2) is 0 Å². The van der Waals surface area contributed by atoms with Crippen LogP contribution in [0.5, 0.6) is 11.5 Å². The van der Waals surface area contributed by atoms with Crippen molar-refractivity contribution in [3.8, 4) is 11.5 Å². The van der Waals surface area contributed by atoms with Crippen molar-refractivity contribution >= 4 is 27.5 Å². The maximum absolute atomic E-state index is 5.97. The molecule has 0 aliphatic rings. The van der Waals surface area contributed by atoms with Crippen molar-refractivity contribution in [2.75, 3.05) is 14.2 Å². The van der Waals surface area contributed by atoms with Gasteiger partial charge in [0.25, 0.3) is 0 Å². The third-order valence-electron chi connectivity index (χ3n) is 1.65. The topological polar surface area (TPSA) is 18.5 Å². The highest BCUT2D eigenvalue weighted by Gasteiger charge is 2.09. The Morgan fingerprint density at radius 2 is 2.00 bits per heavy atom. The largest absolute Gasteiger partial charge is 0.493 e. The second-order valence-electron chi connectivity index (χ2n) is 2.45. The van der Waals surface area contributed by atoms with E-state index in [0.29, 0.717) is 16.5 Å². The van der Waals surface area contributed by atoms with Crippen molar-refractivity contribution in [1.82, 2.24) is 0 Å². The van der Waals surface area contributed by atoms with Crippen LogP contribution in [-0.2, 0) is 5.33 Å². The van der Waals surface area contributed by atoms with Crippen molar-refractivity contribution in [3.63, 3.8) is 0 Å². The second kappa shape index (κ2) is 4.72. The molecule has 0 fully saturated rings. The first-order valence-corrected chi connectivity index (χ1v) is 5.19. The minimum absolute atomic E-state index is 0.566. The Bertz CT molecular complexity index is 302. The van der Waals surface area contributed by atoms with E-state index in [-0.39, 0.29) is 0 Å². The monoisotopic (exact) mass is 264 g/mol. The Morgan fingerprint density at radius 3 is 2.46 bits per heavy atom. The second-order valence-corrected chi connectivity index (χ2v) is 3.41. The molecule has 0 bridgehead atoms.